The number of carbonyl (C=O) groups excluding carboxylic acids is 2. The van der Waals surface area contributed by atoms with Crippen LogP contribution in [0.3, 0.4) is 0 Å². The lowest BCUT2D eigenvalue weighted by Gasteiger charge is -2.08. The number of hydrogen-bond donors (Lipinski definition) is 1. The number of hydrogen-bond acceptors (Lipinski definition) is 4. The molecule has 0 aliphatic carbocycles. The van der Waals surface area contributed by atoms with Crippen LogP contribution >= 0.6 is 11.6 Å². The van der Waals surface area contributed by atoms with Gasteiger partial charge in [0.15, 0.2) is 17.8 Å². The number of ether oxygens (including phenoxy) is 1. The van der Waals surface area contributed by atoms with Gasteiger partial charge in [0.25, 0.3) is 5.91 Å². The van der Waals surface area contributed by atoms with Crippen molar-refractivity contribution in [3.05, 3.63) is 29.6 Å². The Hall–Kier alpha value is -2.13. The first-order valence-corrected chi connectivity index (χ1v) is 5.64. The molecule has 0 aromatic heterocycles. The number of Topliss-reactive ketones (excluding diaryl/α,β-unsaturated/α-hetero) is 1. The number of ketones is 1. The molecule has 0 aliphatic rings. The van der Waals surface area contributed by atoms with E-state index in [1.54, 1.807) is 0 Å². The van der Waals surface area contributed by atoms with Gasteiger partial charge in [-0.25, -0.2) is 4.39 Å². The van der Waals surface area contributed by atoms with Gasteiger partial charge in [0.05, 0.1) is 11.6 Å². The molecule has 7 heteroatoms. The minimum atomic E-state index is -1.47. The number of rotatable bonds is 5. The first kappa shape index (κ1) is 14.9. The summed E-state index contributed by atoms with van der Waals surface area (Å²) in [5.74, 6) is -1.90. The molecule has 0 heterocycles. The third-order valence-electron chi connectivity index (χ3n) is 2.20. The summed E-state index contributed by atoms with van der Waals surface area (Å²) < 4.78 is 18.5. The van der Waals surface area contributed by atoms with E-state index >= 15 is 0 Å². The molecular weight excluding hydrogens is 275 g/mol. The van der Waals surface area contributed by atoms with E-state index < -0.39 is 17.0 Å². The molecule has 0 fully saturated rings. The molecule has 0 radical (unpaired) electrons. The minimum Gasteiger partial charge on any atom is -0.484 e. The zero-order chi connectivity index (χ0) is 14.4. The lowest BCUT2D eigenvalue weighted by atomic mass is 10.1. The van der Waals surface area contributed by atoms with Crippen molar-refractivity contribution in [3.63, 3.8) is 0 Å². The van der Waals surface area contributed by atoms with Crippen LogP contribution in [0.1, 0.15) is 10.4 Å². The SMILES string of the molecule is CNC(=O)COc1ccc(F)c(C(=O)C(Cl)C#N)c1. The first-order valence-electron chi connectivity index (χ1n) is 5.20. The van der Waals surface area contributed by atoms with Crippen LogP contribution in [-0.2, 0) is 4.79 Å². The number of amides is 1. The third kappa shape index (κ3) is 3.93. The van der Waals surface area contributed by atoms with Gasteiger partial charge in [0, 0.05) is 7.05 Å². The van der Waals surface area contributed by atoms with Crippen LogP contribution in [0.4, 0.5) is 4.39 Å². The van der Waals surface area contributed by atoms with Crippen molar-refractivity contribution < 1.29 is 18.7 Å². The van der Waals surface area contributed by atoms with Crippen molar-refractivity contribution in [3.8, 4) is 11.8 Å². The van der Waals surface area contributed by atoms with Crippen molar-refractivity contribution in [1.82, 2.24) is 5.32 Å². The Labute approximate surface area is 113 Å². The maximum absolute atomic E-state index is 13.5. The molecule has 0 saturated heterocycles. The number of halogens is 2. The zero-order valence-corrected chi connectivity index (χ0v) is 10.7. The highest BCUT2D eigenvalue weighted by Crippen LogP contribution is 2.19. The highest BCUT2D eigenvalue weighted by Gasteiger charge is 2.21. The van der Waals surface area contributed by atoms with E-state index in [-0.39, 0.29) is 23.8 Å². The van der Waals surface area contributed by atoms with Gasteiger partial charge in [-0.15, -0.1) is 0 Å². The fourth-order valence-electron chi connectivity index (χ4n) is 1.20. The Morgan fingerprint density at radius 3 is 2.84 bits per heavy atom. The summed E-state index contributed by atoms with van der Waals surface area (Å²) in [4.78, 5) is 22.6. The van der Waals surface area contributed by atoms with E-state index in [1.165, 1.54) is 19.2 Å². The summed E-state index contributed by atoms with van der Waals surface area (Å²) in [6, 6.07) is 4.89. The highest BCUT2D eigenvalue weighted by atomic mass is 35.5. The van der Waals surface area contributed by atoms with Gasteiger partial charge >= 0.3 is 0 Å². The molecule has 0 saturated carbocycles. The van der Waals surface area contributed by atoms with Gasteiger partial charge in [-0.05, 0) is 18.2 Å². The predicted octanol–water partition coefficient (Wildman–Crippen LogP) is 1.26. The van der Waals surface area contributed by atoms with Gasteiger partial charge in [0.1, 0.15) is 11.6 Å². The fourth-order valence-corrected chi connectivity index (χ4v) is 1.32. The molecule has 1 rings (SSSR count). The predicted molar refractivity (Wildman–Crippen MR) is 65.5 cm³/mol. The smallest absolute Gasteiger partial charge is 0.257 e. The topological polar surface area (TPSA) is 79.2 Å². The van der Waals surface area contributed by atoms with Crippen molar-refractivity contribution >= 4 is 23.3 Å². The molecule has 0 aliphatic heterocycles. The molecule has 1 unspecified atom stereocenters. The van der Waals surface area contributed by atoms with E-state index in [0.717, 1.165) is 12.1 Å². The van der Waals surface area contributed by atoms with Gasteiger partial charge in [0.2, 0.25) is 0 Å². The average molecular weight is 285 g/mol. The second-order valence-electron chi connectivity index (χ2n) is 3.46. The molecule has 1 aromatic rings. The van der Waals surface area contributed by atoms with E-state index in [4.69, 9.17) is 21.6 Å². The Morgan fingerprint density at radius 2 is 2.26 bits per heavy atom. The monoisotopic (exact) mass is 284 g/mol. The number of nitriles is 1. The Bertz CT molecular complexity index is 542. The van der Waals surface area contributed by atoms with Gasteiger partial charge in [-0.2, -0.15) is 5.26 Å². The molecule has 19 heavy (non-hydrogen) atoms. The van der Waals surface area contributed by atoms with E-state index in [9.17, 15) is 14.0 Å². The van der Waals surface area contributed by atoms with Crippen LogP contribution in [-0.4, -0.2) is 30.7 Å². The Balaban J connectivity index is 2.92. The molecular formula is C12H10ClFN2O3. The van der Waals surface area contributed by atoms with Gasteiger partial charge in [-0.3, -0.25) is 9.59 Å². The standard InChI is InChI=1S/C12H10ClFN2O3/c1-16-11(17)6-19-7-2-3-10(14)8(4-7)12(18)9(13)5-15/h2-4,9H,6H2,1H3,(H,16,17). The molecule has 1 atom stereocenters. The summed E-state index contributed by atoms with van der Waals surface area (Å²) in [6.07, 6.45) is 0. The van der Waals surface area contributed by atoms with Gasteiger partial charge in [-0.1, -0.05) is 11.6 Å². The lowest BCUT2D eigenvalue weighted by molar-refractivity contribution is -0.122. The van der Waals surface area contributed by atoms with Crippen LogP contribution in [0, 0.1) is 17.1 Å². The normalized spacial score (nSPS) is 11.3. The summed E-state index contributed by atoms with van der Waals surface area (Å²) >= 11 is 5.44. The summed E-state index contributed by atoms with van der Waals surface area (Å²) in [5.41, 5.74) is -0.351. The largest absolute Gasteiger partial charge is 0.484 e. The molecule has 1 amide bonds. The summed E-state index contributed by atoms with van der Waals surface area (Å²) in [6.45, 7) is -0.266. The highest BCUT2D eigenvalue weighted by molar-refractivity contribution is 6.35. The van der Waals surface area contributed by atoms with Crippen LogP contribution < -0.4 is 10.1 Å². The van der Waals surface area contributed by atoms with E-state index in [0.29, 0.717) is 0 Å². The molecule has 1 aromatic carbocycles. The van der Waals surface area contributed by atoms with Crippen molar-refractivity contribution in [1.29, 1.82) is 5.26 Å². The molecule has 1 N–H and O–H groups in total. The second-order valence-corrected chi connectivity index (χ2v) is 3.90. The van der Waals surface area contributed by atoms with Crippen molar-refractivity contribution in [2.24, 2.45) is 0 Å². The maximum atomic E-state index is 13.5. The number of likely N-dealkylation sites (N-methyl/N-ethyl adjacent to an activating group) is 1. The van der Waals surface area contributed by atoms with E-state index in [1.807, 2.05) is 0 Å². The van der Waals surface area contributed by atoms with Crippen LogP contribution in [0.5, 0.6) is 5.75 Å². The first-order chi connectivity index (χ1) is 8.99. The van der Waals surface area contributed by atoms with Gasteiger partial charge < -0.3 is 10.1 Å². The zero-order valence-electron chi connectivity index (χ0n) is 9.94. The molecule has 100 valence electrons. The summed E-state index contributed by atoms with van der Waals surface area (Å²) in [5, 5.41) is 9.40. The number of benzene rings is 1. The number of carbonyl (C=O) groups is 2. The van der Waals surface area contributed by atoms with Crippen molar-refractivity contribution in [2.45, 2.75) is 5.38 Å². The van der Waals surface area contributed by atoms with Crippen molar-refractivity contribution in [2.75, 3.05) is 13.7 Å². The summed E-state index contributed by atoms with van der Waals surface area (Å²) in [7, 11) is 1.44. The maximum Gasteiger partial charge on any atom is 0.257 e. The Morgan fingerprint density at radius 1 is 1.58 bits per heavy atom. The number of alkyl halides is 1. The lowest BCUT2D eigenvalue weighted by Crippen LogP contribution is -2.25. The quantitative estimate of drug-likeness (QED) is 0.652. The molecule has 0 spiro atoms. The Kier molecular flexibility index (Phi) is 5.27. The second kappa shape index (κ2) is 6.71. The number of nitrogens with zero attached hydrogens (tertiary/aromatic N) is 1. The molecule has 0 bridgehead atoms. The fraction of sp³-hybridized carbons (Fsp3) is 0.250. The van der Waals surface area contributed by atoms with E-state index in [2.05, 4.69) is 5.32 Å². The minimum absolute atomic E-state index is 0.134. The van der Waals surface area contributed by atoms with Crippen LogP contribution in [0.25, 0.3) is 0 Å². The average Bonchev–Trinajstić information content (AvgIpc) is 2.44. The van der Waals surface area contributed by atoms with Crippen LogP contribution in [0.2, 0.25) is 0 Å². The van der Waals surface area contributed by atoms with Crippen LogP contribution in [0.15, 0.2) is 18.2 Å². The number of nitrogens with one attached hydrogen (secondary N) is 1. The molecule has 5 nitrogen and oxygen atoms in total. The third-order valence-corrected chi connectivity index (χ3v) is 2.49.